The summed E-state index contributed by atoms with van der Waals surface area (Å²) in [5, 5.41) is 3.32. The number of halogens is 1. The highest BCUT2D eigenvalue weighted by Gasteiger charge is 2.08. The van der Waals surface area contributed by atoms with Crippen LogP contribution in [-0.4, -0.2) is 13.2 Å². The summed E-state index contributed by atoms with van der Waals surface area (Å²) >= 11 is 3.54. The summed E-state index contributed by atoms with van der Waals surface area (Å²) in [5.74, 6) is 1.51. The van der Waals surface area contributed by atoms with Crippen LogP contribution in [0.5, 0.6) is 5.75 Å². The lowest BCUT2D eigenvalue weighted by atomic mass is 10.2. The van der Waals surface area contributed by atoms with Crippen LogP contribution >= 0.6 is 15.9 Å². The van der Waals surface area contributed by atoms with Crippen molar-refractivity contribution in [3.63, 3.8) is 0 Å². The molecule has 1 aromatic rings. The molecule has 0 heterocycles. The van der Waals surface area contributed by atoms with Crippen molar-refractivity contribution in [2.45, 2.75) is 27.3 Å². The maximum atomic E-state index is 5.84. The number of para-hydroxylation sites is 1. The van der Waals surface area contributed by atoms with Gasteiger partial charge in [0.05, 0.1) is 11.1 Å². The largest absolute Gasteiger partial charge is 0.492 e. The third-order valence-corrected chi connectivity index (χ3v) is 2.80. The summed E-state index contributed by atoms with van der Waals surface area (Å²) in [6.45, 7) is 8.98. The summed E-state index contributed by atoms with van der Waals surface area (Å²) in [7, 11) is 0. The third kappa shape index (κ3) is 4.14. The lowest BCUT2D eigenvalue weighted by Crippen LogP contribution is -2.14. The fourth-order valence-corrected chi connectivity index (χ4v) is 1.89. The highest BCUT2D eigenvalue weighted by atomic mass is 79.9. The maximum Gasteiger partial charge on any atom is 0.137 e. The van der Waals surface area contributed by atoms with E-state index in [0.717, 1.165) is 29.9 Å². The lowest BCUT2D eigenvalue weighted by Gasteiger charge is -2.15. The summed E-state index contributed by atoms with van der Waals surface area (Å²) < 4.78 is 6.87. The topological polar surface area (TPSA) is 21.3 Å². The molecule has 0 radical (unpaired) electrons. The first kappa shape index (κ1) is 13.5. The number of ether oxygens (including phenoxy) is 1. The van der Waals surface area contributed by atoms with Gasteiger partial charge in [0.2, 0.25) is 0 Å². The van der Waals surface area contributed by atoms with Crippen molar-refractivity contribution in [2.75, 3.05) is 13.2 Å². The van der Waals surface area contributed by atoms with Gasteiger partial charge in [0, 0.05) is 12.1 Å². The van der Waals surface area contributed by atoms with Gasteiger partial charge in [0.15, 0.2) is 0 Å². The van der Waals surface area contributed by atoms with E-state index in [9.17, 15) is 0 Å². The molecule has 0 aromatic heterocycles. The van der Waals surface area contributed by atoms with Gasteiger partial charge in [-0.05, 0) is 34.5 Å². The molecule has 1 rings (SSSR count). The van der Waals surface area contributed by atoms with E-state index < -0.39 is 0 Å². The second-order valence-corrected chi connectivity index (χ2v) is 5.07. The van der Waals surface area contributed by atoms with Gasteiger partial charge in [-0.25, -0.2) is 0 Å². The molecule has 90 valence electrons. The van der Waals surface area contributed by atoms with Gasteiger partial charge in [0.25, 0.3) is 0 Å². The minimum Gasteiger partial charge on any atom is -0.492 e. The molecule has 0 saturated heterocycles. The minimum absolute atomic E-state index is 0.541. The molecule has 2 nitrogen and oxygen atoms in total. The van der Waals surface area contributed by atoms with Gasteiger partial charge < -0.3 is 10.1 Å². The fourth-order valence-electron chi connectivity index (χ4n) is 1.36. The quantitative estimate of drug-likeness (QED) is 0.862. The fraction of sp³-hybridized carbons (Fsp3) is 0.538. The van der Waals surface area contributed by atoms with Crippen molar-refractivity contribution in [1.82, 2.24) is 5.32 Å². The van der Waals surface area contributed by atoms with Gasteiger partial charge in [-0.1, -0.05) is 32.9 Å². The van der Waals surface area contributed by atoms with E-state index in [4.69, 9.17) is 4.74 Å². The Hall–Kier alpha value is -0.540. The molecule has 1 aromatic carbocycles. The number of rotatable bonds is 6. The number of benzene rings is 1. The predicted octanol–water partition coefficient (Wildman–Crippen LogP) is 3.59. The van der Waals surface area contributed by atoms with Crippen LogP contribution in [0.1, 0.15) is 26.3 Å². The molecule has 16 heavy (non-hydrogen) atoms. The molecule has 0 bridgehead atoms. The van der Waals surface area contributed by atoms with E-state index in [1.54, 1.807) is 0 Å². The summed E-state index contributed by atoms with van der Waals surface area (Å²) in [6, 6.07) is 6.16. The van der Waals surface area contributed by atoms with Crippen LogP contribution in [0.4, 0.5) is 0 Å². The van der Waals surface area contributed by atoms with Crippen LogP contribution < -0.4 is 10.1 Å². The standard InChI is InChI=1S/C13H20BrNO/c1-4-15-8-11-6-5-7-12(14)13(11)16-9-10(2)3/h5-7,10,15H,4,8-9H2,1-3H3. The van der Waals surface area contributed by atoms with Gasteiger partial charge in [-0.2, -0.15) is 0 Å². The van der Waals surface area contributed by atoms with Crippen molar-refractivity contribution in [1.29, 1.82) is 0 Å². The molecule has 0 aliphatic rings. The zero-order valence-corrected chi connectivity index (χ0v) is 11.8. The Labute approximate surface area is 107 Å². The number of hydrogen-bond donors (Lipinski definition) is 1. The number of hydrogen-bond acceptors (Lipinski definition) is 2. The smallest absolute Gasteiger partial charge is 0.137 e. The second-order valence-electron chi connectivity index (χ2n) is 4.21. The first-order valence-corrected chi connectivity index (χ1v) is 6.55. The molecular formula is C13H20BrNO. The van der Waals surface area contributed by atoms with Gasteiger partial charge in [-0.15, -0.1) is 0 Å². The van der Waals surface area contributed by atoms with E-state index in [-0.39, 0.29) is 0 Å². The Morgan fingerprint density at radius 3 is 2.75 bits per heavy atom. The molecule has 1 N–H and O–H groups in total. The van der Waals surface area contributed by atoms with E-state index in [2.05, 4.69) is 48.1 Å². The highest BCUT2D eigenvalue weighted by Crippen LogP contribution is 2.29. The maximum absolute atomic E-state index is 5.84. The Bertz CT molecular complexity index is 326. The predicted molar refractivity (Wildman–Crippen MR) is 71.9 cm³/mol. The molecule has 3 heteroatoms. The van der Waals surface area contributed by atoms with Crippen LogP contribution in [-0.2, 0) is 6.54 Å². The zero-order chi connectivity index (χ0) is 12.0. The minimum atomic E-state index is 0.541. The monoisotopic (exact) mass is 285 g/mol. The highest BCUT2D eigenvalue weighted by molar-refractivity contribution is 9.10. The van der Waals surface area contributed by atoms with Crippen molar-refractivity contribution >= 4 is 15.9 Å². The van der Waals surface area contributed by atoms with E-state index in [1.807, 2.05) is 12.1 Å². The van der Waals surface area contributed by atoms with Crippen LogP contribution in [0.25, 0.3) is 0 Å². The van der Waals surface area contributed by atoms with Gasteiger partial charge in [0.1, 0.15) is 5.75 Å². The van der Waals surface area contributed by atoms with Crippen LogP contribution in [0.15, 0.2) is 22.7 Å². The average molecular weight is 286 g/mol. The average Bonchev–Trinajstić information content (AvgIpc) is 2.24. The first-order chi connectivity index (χ1) is 7.65. The van der Waals surface area contributed by atoms with Crippen molar-refractivity contribution in [3.8, 4) is 5.75 Å². The molecule has 0 aliphatic carbocycles. The van der Waals surface area contributed by atoms with Gasteiger partial charge in [-0.3, -0.25) is 0 Å². The van der Waals surface area contributed by atoms with Crippen molar-refractivity contribution in [2.24, 2.45) is 5.92 Å². The molecule has 0 atom stereocenters. The summed E-state index contributed by atoms with van der Waals surface area (Å²) in [6.07, 6.45) is 0. The molecule has 0 saturated carbocycles. The Kier molecular flexibility index (Phi) is 5.85. The van der Waals surface area contributed by atoms with Crippen LogP contribution in [0, 0.1) is 5.92 Å². The van der Waals surface area contributed by atoms with Crippen LogP contribution in [0.3, 0.4) is 0 Å². The molecule has 0 aliphatic heterocycles. The molecule has 0 amide bonds. The Morgan fingerprint density at radius 1 is 1.38 bits per heavy atom. The van der Waals surface area contributed by atoms with E-state index in [1.165, 1.54) is 5.56 Å². The van der Waals surface area contributed by atoms with Crippen LogP contribution in [0.2, 0.25) is 0 Å². The Balaban J connectivity index is 2.77. The number of nitrogens with one attached hydrogen (secondary N) is 1. The summed E-state index contributed by atoms with van der Waals surface area (Å²) in [4.78, 5) is 0. The third-order valence-electron chi connectivity index (χ3n) is 2.17. The van der Waals surface area contributed by atoms with Crippen molar-refractivity contribution < 1.29 is 4.74 Å². The first-order valence-electron chi connectivity index (χ1n) is 5.76. The molecule has 0 unspecified atom stereocenters. The van der Waals surface area contributed by atoms with E-state index in [0.29, 0.717) is 5.92 Å². The molecule has 0 spiro atoms. The summed E-state index contributed by atoms with van der Waals surface area (Å²) in [5.41, 5.74) is 1.21. The SMILES string of the molecule is CCNCc1cccc(Br)c1OCC(C)C. The lowest BCUT2D eigenvalue weighted by molar-refractivity contribution is 0.266. The zero-order valence-electron chi connectivity index (χ0n) is 10.2. The van der Waals surface area contributed by atoms with E-state index >= 15 is 0 Å². The second kappa shape index (κ2) is 6.92. The van der Waals surface area contributed by atoms with Crippen molar-refractivity contribution in [3.05, 3.63) is 28.2 Å². The van der Waals surface area contributed by atoms with Gasteiger partial charge >= 0.3 is 0 Å². The Morgan fingerprint density at radius 2 is 2.12 bits per heavy atom. The normalized spacial score (nSPS) is 10.8. The molecular weight excluding hydrogens is 266 g/mol. The molecule has 0 fully saturated rings.